The standard InChI is InChI=1S/C35H34F5N7O2S/c1-5-24(48)46-15-19(3)47(16-18(46)2)32-21-14-22(35(38,39)40)25(20-8-9-23(36)30-26(20)29(42-4)31(41)50-30)27(37)28(21)43-33(44-32)49-17-34-10-6-12-45(34)13-7-11-34/h5,8-9,14,18-19H,1,6-7,10-13,15-17,41H2,2-3H3/t18-,19+/m1/s1. The van der Waals surface area contributed by atoms with Gasteiger partial charge in [-0.15, -0.1) is 11.3 Å². The largest absolute Gasteiger partial charge is 0.461 e. The number of hydrogen-bond donors (Lipinski definition) is 1. The second-order valence-electron chi connectivity index (χ2n) is 13.3. The highest BCUT2D eigenvalue weighted by Gasteiger charge is 2.45. The highest BCUT2D eigenvalue weighted by molar-refractivity contribution is 7.23. The zero-order chi connectivity index (χ0) is 35.7. The van der Waals surface area contributed by atoms with Crippen LogP contribution in [0.2, 0.25) is 0 Å². The summed E-state index contributed by atoms with van der Waals surface area (Å²) in [6.45, 7) is 17.3. The fourth-order valence-electron chi connectivity index (χ4n) is 7.96. The molecule has 0 bridgehead atoms. The zero-order valence-electron chi connectivity index (χ0n) is 27.4. The van der Waals surface area contributed by atoms with Gasteiger partial charge < -0.3 is 20.3 Å². The van der Waals surface area contributed by atoms with Gasteiger partial charge in [-0.1, -0.05) is 12.6 Å². The van der Waals surface area contributed by atoms with Crippen molar-refractivity contribution in [2.45, 2.75) is 63.3 Å². The lowest BCUT2D eigenvalue weighted by Crippen LogP contribution is -2.58. The van der Waals surface area contributed by atoms with Crippen molar-refractivity contribution < 1.29 is 31.5 Å². The van der Waals surface area contributed by atoms with Gasteiger partial charge in [0.1, 0.15) is 23.8 Å². The number of nitrogens with zero attached hydrogens (tertiary/aromatic N) is 6. The molecule has 15 heteroatoms. The van der Waals surface area contributed by atoms with E-state index >= 15 is 17.6 Å². The number of carbonyl (C=O) groups is 1. The van der Waals surface area contributed by atoms with Gasteiger partial charge in [-0.25, -0.2) is 13.6 Å². The molecule has 0 spiro atoms. The Balaban J connectivity index is 1.46. The molecule has 5 heterocycles. The Kier molecular flexibility index (Phi) is 8.38. The van der Waals surface area contributed by atoms with Crippen molar-refractivity contribution in [1.29, 1.82) is 0 Å². The second kappa shape index (κ2) is 12.3. The number of ether oxygens (including phenoxy) is 1. The molecule has 3 saturated heterocycles. The summed E-state index contributed by atoms with van der Waals surface area (Å²) >= 11 is 0.710. The minimum Gasteiger partial charge on any atom is -0.461 e. The van der Waals surface area contributed by atoms with Gasteiger partial charge in [0, 0.05) is 41.5 Å². The first-order valence-electron chi connectivity index (χ1n) is 16.3. The molecule has 262 valence electrons. The Morgan fingerprint density at radius 3 is 2.56 bits per heavy atom. The monoisotopic (exact) mass is 711 g/mol. The number of anilines is 2. The molecule has 0 saturated carbocycles. The van der Waals surface area contributed by atoms with E-state index in [2.05, 4.69) is 26.3 Å². The van der Waals surface area contributed by atoms with Crippen molar-refractivity contribution in [3.63, 3.8) is 0 Å². The molecule has 2 atom stereocenters. The van der Waals surface area contributed by atoms with Crippen LogP contribution in [0.3, 0.4) is 0 Å². The smallest absolute Gasteiger partial charge is 0.417 e. The number of benzene rings is 2. The van der Waals surface area contributed by atoms with Crippen LogP contribution in [-0.2, 0) is 11.0 Å². The molecule has 0 aliphatic carbocycles. The van der Waals surface area contributed by atoms with E-state index < -0.39 is 40.5 Å². The number of aromatic nitrogens is 2. The number of amides is 1. The van der Waals surface area contributed by atoms with Crippen molar-refractivity contribution in [3.05, 3.63) is 59.5 Å². The maximum atomic E-state index is 17.2. The summed E-state index contributed by atoms with van der Waals surface area (Å²) in [5.74, 6) is -2.37. The molecule has 3 aliphatic rings. The maximum absolute atomic E-state index is 17.2. The van der Waals surface area contributed by atoms with E-state index in [9.17, 15) is 9.18 Å². The van der Waals surface area contributed by atoms with Gasteiger partial charge in [-0.2, -0.15) is 23.1 Å². The van der Waals surface area contributed by atoms with E-state index in [0.29, 0.717) is 11.3 Å². The average Bonchev–Trinajstić information content (AvgIpc) is 3.76. The van der Waals surface area contributed by atoms with Crippen LogP contribution in [0.1, 0.15) is 45.1 Å². The minimum absolute atomic E-state index is 0.0316. The quantitative estimate of drug-likeness (QED) is 0.125. The van der Waals surface area contributed by atoms with Gasteiger partial charge in [0.25, 0.3) is 0 Å². The molecule has 2 N–H and O–H groups in total. The highest BCUT2D eigenvalue weighted by Crippen LogP contribution is 2.51. The number of alkyl halides is 3. The van der Waals surface area contributed by atoms with Crippen molar-refractivity contribution in [2.24, 2.45) is 0 Å². The Morgan fingerprint density at radius 1 is 1.18 bits per heavy atom. The number of rotatable bonds is 6. The summed E-state index contributed by atoms with van der Waals surface area (Å²) in [6, 6.07) is 1.76. The third kappa shape index (κ3) is 5.40. The Bertz CT molecular complexity index is 2080. The minimum atomic E-state index is -5.08. The molecule has 3 aliphatic heterocycles. The van der Waals surface area contributed by atoms with E-state index in [1.54, 1.807) is 23.6 Å². The van der Waals surface area contributed by atoms with E-state index in [0.717, 1.165) is 57.0 Å². The van der Waals surface area contributed by atoms with Crippen LogP contribution in [0, 0.1) is 18.2 Å². The third-order valence-corrected chi connectivity index (χ3v) is 11.4. The number of nitrogen functional groups attached to an aromatic ring is 1. The lowest BCUT2D eigenvalue weighted by atomic mass is 9.93. The summed E-state index contributed by atoms with van der Waals surface area (Å²) in [4.78, 5) is 30.7. The van der Waals surface area contributed by atoms with Gasteiger partial charge in [0.15, 0.2) is 5.82 Å². The molecular weight excluding hydrogens is 677 g/mol. The predicted molar refractivity (Wildman–Crippen MR) is 182 cm³/mol. The molecule has 0 unspecified atom stereocenters. The number of hydrogen-bond acceptors (Lipinski definition) is 8. The van der Waals surface area contributed by atoms with Crippen molar-refractivity contribution in [2.75, 3.05) is 43.4 Å². The Hall–Kier alpha value is -4.55. The fourth-order valence-corrected chi connectivity index (χ4v) is 8.90. The van der Waals surface area contributed by atoms with Crippen molar-refractivity contribution in [3.8, 4) is 17.1 Å². The maximum Gasteiger partial charge on any atom is 0.417 e. The number of carbonyl (C=O) groups excluding carboxylic acids is 1. The third-order valence-electron chi connectivity index (χ3n) is 10.4. The van der Waals surface area contributed by atoms with Crippen LogP contribution in [0.5, 0.6) is 6.01 Å². The molecule has 3 fully saturated rings. The van der Waals surface area contributed by atoms with Crippen LogP contribution < -0.4 is 15.4 Å². The second-order valence-corrected chi connectivity index (χ2v) is 14.4. The zero-order valence-corrected chi connectivity index (χ0v) is 28.2. The fraction of sp³-hybridized carbons (Fsp3) is 0.429. The molecule has 7 rings (SSSR count). The van der Waals surface area contributed by atoms with Crippen LogP contribution in [0.15, 0.2) is 30.9 Å². The summed E-state index contributed by atoms with van der Waals surface area (Å²) < 4.78 is 83.3. The summed E-state index contributed by atoms with van der Waals surface area (Å²) in [7, 11) is 0. The van der Waals surface area contributed by atoms with Gasteiger partial charge >= 0.3 is 12.2 Å². The van der Waals surface area contributed by atoms with Gasteiger partial charge in [0.05, 0.1) is 27.4 Å². The molecule has 4 aromatic rings. The van der Waals surface area contributed by atoms with Crippen molar-refractivity contribution >= 4 is 54.7 Å². The van der Waals surface area contributed by atoms with E-state index in [4.69, 9.17) is 17.0 Å². The van der Waals surface area contributed by atoms with Gasteiger partial charge in [-0.05, 0) is 76.4 Å². The van der Waals surface area contributed by atoms with E-state index in [1.165, 1.54) is 6.08 Å². The molecule has 0 radical (unpaired) electrons. The molecule has 2 aromatic heterocycles. The van der Waals surface area contributed by atoms with Crippen LogP contribution >= 0.6 is 11.3 Å². The van der Waals surface area contributed by atoms with Crippen LogP contribution in [0.4, 0.5) is 38.5 Å². The lowest BCUT2D eigenvalue weighted by Gasteiger charge is -2.44. The summed E-state index contributed by atoms with van der Waals surface area (Å²) in [6.07, 6.45) is -0.0659. The highest BCUT2D eigenvalue weighted by atomic mass is 32.1. The summed E-state index contributed by atoms with van der Waals surface area (Å²) in [5, 5.41) is -0.506. The molecule has 50 heavy (non-hydrogen) atoms. The van der Waals surface area contributed by atoms with Gasteiger partial charge in [0.2, 0.25) is 11.6 Å². The first-order chi connectivity index (χ1) is 23.8. The average molecular weight is 712 g/mol. The molecule has 2 aromatic carbocycles. The van der Waals surface area contributed by atoms with E-state index in [1.807, 2.05) is 0 Å². The number of halogens is 5. The number of thiophene rings is 1. The Morgan fingerprint density at radius 2 is 1.90 bits per heavy atom. The van der Waals surface area contributed by atoms with Gasteiger partial charge in [-0.3, -0.25) is 9.69 Å². The topological polar surface area (TPSA) is 92.2 Å². The SMILES string of the molecule is [C-]#[N+]c1c(N)sc2c(F)ccc(-c3c(C(F)(F)F)cc4c(N5C[C@@H](C)N(C(=O)C=C)C[C@@H]5C)nc(OCC56CCCN5CCC6)nc4c3F)c12. The Labute approximate surface area is 288 Å². The molecular formula is C35H34F5N7O2S. The number of nitrogens with two attached hydrogens (primary N) is 1. The van der Waals surface area contributed by atoms with Crippen LogP contribution in [0.25, 0.3) is 37.0 Å². The molecule has 9 nitrogen and oxygen atoms in total. The number of piperazine rings is 1. The summed E-state index contributed by atoms with van der Waals surface area (Å²) in [5.41, 5.74) is 2.52. The molecule has 1 amide bonds. The normalized spacial score (nSPS) is 20.8. The predicted octanol–water partition coefficient (Wildman–Crippen LogP) is 7.56. The first kappa shape index (κ1) is 33.9. The lowest BCUT2D eigenvalue weighted by molar-refractivity contribution is -0.137. The number of fused-ring (bicyclic) bond motifs is 3. The van der Waals surface area contributed by atoms with E-state index in [-0.39, 0.29) is 80.7 Å². The van der Waals surface area contributed by atoms with Crippen molar-refractivity contribution in [1.82, 2.24) is 19.8 Å². The first-order valence-corrected chi connectivity index (χ1v) is 17.2. The van der Waals surface area contributed by atoms with Crippen LogP contribution in [-0.4, -0.2) is 76.1 Å².